The molecule has 1 heterocycles. The van der Waals surface area contributed by atoms with Crippen molar-refractivity contribution in [2.24, 2.45) is 0 Å². The van der Waals surface area contributed by atoms with Crippen LogP contribution in [0.3, 0.4) is 0 Å². The number of carbonyl (C=O) groups excluding carboxylic acids is 1. The van der Waals surface area contributed by atoms with E-state index in [0.29, 0.717) is 5.56 Å². The Hall–Kier alpha value is -3.69. The van der Waals surface area contributed by atoms with Gasteiger partial charge in [0.15, 0.2) is 0 Å². The van der Waals surface area contributed by atoms with Crippen molar-refractivity contribution in [1.29, 1.82) is 0 Å². The molecule has 3 aromatic rings. The number of nitro benzene ring substituents is 1. The number of alkyl halides is 3. The third-order valence-corrected chi connectivity index (χ3v) is 4.30. The molecule has 1 N–H and O–H groups in total. The lowest BCUT2D eigenvalue weighted by atomic mass is 10.1. The highest BCUT2D eigenvalue weighted by Crippen LogP contribution is 2.37. The SMILES string of the molecule is CCOC(=O)c1cnc2cc(C(F)(F)F)ccc2c1Nc1ccc(C)cc1[N+](=O)[O-]. The zero-order chi connectivity index (χ0) is 22.1. The van der Waals surface area contributed by atoms with E-state index in [-0.39, 0.29) is 40.1 Å². The fraction of sp³-hybridized carbons (Fsp3) is 0.200. The molecule has 0 radical (unpaired) electrons. The molecule has 2 aromatic carbocycles. The Balaban J connectivity index is 2.23. The number of aromatic nitrogens is 1. The minimum atomic E-state index is -4.57. The second-order valence-electron chi connectivity index (χ2n) is 6.40. The Morgan fingerprint density at radius 3 is 2.60 bits per heavy atom. The maximum atomic E-state index is 13.1. The zero-order valence-corrected chi connectivity index (χ0v) is 15.9. The molecule has 7 nitrogen and oxygen atoms in total. The number of pyridine rings is 1. The largest absolute Gasteiger partial charge is 0.462 e. The normalized spacial score (nSPS) is 11.4. The molecule has 0 aliphatic heterocycles. The lowest BCUT2D eigenvalue weighted by Crippen LogP contribution is -2.10. The highest BCUT2D eigenvalue weighted by molar-refractivity contribution is 6.06. The smallest absolute Gasteiger partial charge is 0.416 e. The first-order valence-corrected chi connectivity index (χ1v) is 8.81. The number of fused-ring (bicyclic) bond motifs is 1. The van der Waals surface area contributed by atoms with Gasteiger partial charge >= 0.3 is 12.1 Å². The second-order valence-corrected chi connectivity index (χ2v) is 6.40. The Morgan fingerprint density at radius 1 is 1.23 bits per heavy atom. The number of nitro groups is 1. The average molecular weight is 419 g/mol. The first-order chi connectivity index (χ1) is 14.1. The van der Waals surface area contributed by atoms with Crippen LogP contribution in [-0.4, -0.2) is 22.5 Å². The number of hydrogen-bond acceptors (Lipinski definition) is 6. The third kappa shape index (κ3) is 4.17. The molecule has 0 saturated carbocycles. The summed E-state index contributed by atoms with van der Waals surface area (Å²) in [4.78, 5) is 27.2. The number of esters is 1. The summed E-state index contributed by atoms with van der Waals surface area (Å²) >= 11 is 0. The van der Waals surface area contributed by atoms with Crippen LogP contribution in [0.1, 0.15) is 28.4 Å². The number of carbonyl (C=O) groups is 1. The summed E-state index contributed by atoms with van der Waals surface area (Å²) in [6.07, 6.45) is -3.48. The number of anilines is 2. The standard InChI is InChI=1S/C20H16F3N3O4/c1-3-30-19(27)14-10-24-16-9-12(20(21,22)23)5-6-13(16)18(14)25-15-7-4-11(2)8-17(15)26(28)29/h4-10H,3H2,1-2H3,(H,24,25). The van der Waals surface area contributed by atoms with Crippen LogP contribution in [0.5, 0.6) is 0 Å². The van der Waals surface area contributed by atoms with Gasteiger partial charge in [0.2, 0.25) is 0 Å². The Kier molecular flexibility index (Phi) is 5.59. The summed E-state index contributed by atoms with van der Waals surface area (Å²) in [6, 6.07) is 7.30. The molecule has 0 fully saturated rings. The monoisotopic (exact) mass is 419 g/mol. The van der Waals surface area contributed by atoms with Crippen LogP contribution in [0.2, 0.25) is 0 Å². The van der Waals surface area contributed by atoms with Gasteiger partial charge < -0.3 is 10.1 Å². The molecule has 0 aliphatic carbocycles. The van der Waals surface area contributed by atoms with Crippen LogP contribution < -0.4 is 5.32 Å². The Bertz CT molecular complexity index is 1150. The van der Waals surface area contributed by atoms with Crippen LogP contribution in [0.15, 0.2) is 42.6 Å². The van der Waals surface area contributed by atoms with Gasteiger partial charge in [0.25, 0.3) is 5.69 Å². The lowest BCUT2D eigenvalue weighted by Gasteiger charge is -2.15. The molecule has 0 bridgehead atoms. The first-order valence-electron chi connectivity index (χ1n) is 8.81. The molecule has 0 atom stereocenters. The van der Waals surface area contributed by atoms with Crippen LogP contribution in [0.25, 0.3) is 10.9 Å². The zero-order valence-electron chi connectivity index (χ0n) is 15.9. The highest BCUT2D eigenvalue weighted by atomic mass is 19.4. The summed E-state index contributed by atoms with van der Waals surface area (Å²) in [5.41, 5.74) is -0.454. The van der Waals surface area contributed by atoms with E-state index < -0.39 is 22.6 Å². The van der Waals surface area contributed by atoms with E-state index in [0.717, 1.165) is 24.4 Å². The van der Waals surface area contributed by atoms with Crippen molar-refractivity contribution in [1.82, 2.24) is 4.98 Å². The fourth-order valence-corrected chi connectivity index (χ4v) is 2.90. The van der Waals surface area contributed by atoms with E-state index in [1.54, 1.807) is 19.9 Å². The third-order valence-electron chi connectivity index (χ3n) is 4.30. The summed E-state index contributed by atoms with van der Waals surface area (Å²) in [5, 5.41) is 14.5. The fourth-order valence-electron chi connectivity index (χ4n) is 2.90. The van der Waals surface area contributed by atoms with E-state index in [1.165, 1.54) is 12.1 Å². The lowest BCUT2D eigenvalue weighted by molar-refractivity contribution is -0.384. The Labute approximate surface area is 168 Å². The molecular formula is C20H16F3N3O4. The maximum absolute atomic E-state index is 13.1. The predicted molar refractivity (Wildman–Crippen MR) is 104 cm³/mol. The van der Waals surface area contributed by atoms with Crippen molar-refractivity contribution in [3.63, 3.8) is 0 Å². The van der Waals surface area contributed by atoms with Gasteiger partial charge in [-0.15, -0.1) is 0 Å². The molecule has 0 aliphatic rings. The molecule has 0 unspecified atom stereocenters. The van der Waals surface area contributed by atoms with Crippen molar-refractivity contribution in [2.45, 2.75) is 20.0 Å². The van der Waals surface area contributed by atoms with Gasteiger partial charge in [-0.05, 0) is 37.6 Å². The van der Waals surface area contributed by atoms with Gasteiger partial charge in [0.1, 0.15) is 11.3 Å². The van der Waals surface area contributed by atoms with E-state index in [4.69, 9.17) is 4.74 Å². The van der Waals surface area contributed by atoms with Crippen molar-refractivity contribution >= 4 is 33.9 Å². The molecule has 10 heteroatoms. The Morgan fingerprint density at radius 2 is 1.97 bits per heavy atom. The topological polar surface area (TPSA) is 94.4 Å². The van der Waals surface area contributed by atoms with Crippen molar-refractivity contribution in [3.05, 3.63) is 69.4 Å². The number of ether oxygens (including phenoxy) is 1. The molecule has 3 rings (SSSR count). The van der Waals surface area contributed by atoms with E-state index in [1.807, 2.05) is 0 Å². The molecule has 0 amide bonds. The van der Waals surface area contributed by atoms with E-state index in [9.17, 15) is 28.1 Å². The molecule has 0 spiro atoms. The molecular weight excluding hydrogens is 403 g/mol. The number of nitrogens with one attached hydrogen (secondary N) is 1. The number of nitrogens with zero attached hydrogens (tertiary/aromatic N) is 2. The molecule has 1 aromatic heterocycles. The summed E-state index contributed by atoms with van der Waals surface area (Å²) in [7, 11) is 0. The minimum Gasteiger partial charge on any atom is -0.462 e. The van der Waals surface area contributed by atoms with Crippen LogP contribution in [0, 0.1) is 17.0 Å². The minimum absolute atomic E-state index is 0.0323. The van der Waals surface area contributed by atoms with E-state index >= 15 is 0 Å². The molecule has 30 heavy (non-hydrogen) atoms. The summed E-state index contributed by atoms with van der Waals surface area (Å²) < 4.78 is 44.2. The van der Waals surface area contributed by atoms with Gasteiger partial charge in [0.05, 0.1) is 28.3 Å². The number of benzene rings is 2. The molecule has 156 valence electrons. The van der Waals surface area contributed by atoms with Gasteiger partial charge in [-0.3, -0.25) is 15.1 Å². The maximum Gasteiger partial charge on any atom is 0.416 e. The van der Waals surface area contributed by atoms with Gasteiger partial charge in [-0.1, -0.05) is 12.1 Å². The second kappa shape index (κ2) is 7.97. The van der Waals surface area contributed by atoms with Crippen molar-refractivity contribution in [2.75, 3.05) is 11.9 Å². The van der Waals surface area contributed by atoms with Gasteiger partial charge in [-0.2, -0.15) is 13.2 Å². The number of halogens is 3. The van der Waals surface area contributed by atoms with Crippen molar-refractivity contribution < 1.29 is 27.6 Å². The van der Waals surface area contributed by atoms with Crippen LogP contribution >= 0.6 is 0 Å². The predicted octanol–water partition coefficient (Wildman–Crippen LogP) is 5.39. The number of rotatable bonds is 5. The van der Waals surface area contributed by atoms with Crippen molar-refractivity contribution in [3.8, 4) is 0 Å². The quantitative estimate of drug-likeness (QED) is 0.338. The molecule has 0 saturated heterocycles. The van der Waals surface area contributed by atoms with Gasteiger partial charge in [-0.25, -0.2) is 4.79 Å². The van der Waals surface area contributed by atoms with Gasteiger partial charge in [0, 0.05) is 17.6 Å². The number of aryl methyl sites for hydroxylation is 1. The van der Waals surface area contributed by atoms with E-state index in [2.05, 4.69) is 10.3 Å². The number of hydrogen-bond donors (Lipinski definition) is 1. The summed E-state index contributed by atoms with van der Waals surface area (Å²) in [6.45, 7) is 3.34. The van der Waals surface area contributed by atoms with Crippen LogP contribution in [0.4, 0.5) is 30.2 Å². The highest BCUT2D eigenvalue weighted by Gasteiger charge is 2.31. The van der Waals surface area contributed by atoms with Crippen LogP contribution in [-0.2, 0) is 10.9 Å². The summed E-state index contributed by atoms with van der Waals surface area (Å²) in [5.74, 6) is -0.760. The first kappa shape index (κ1) is 21.0. The average Bonchev–Trinajstić information content (AvgIpc) is 2.68.